The van der Waals surface area contributed by atoms with E-state index in [-0.39, 0.29) is 5.82 Å². The highest BCUT2D eigenvalue weighted by molar-refractivity contribution is 5.83. The first-order chi connectivity index (χ1) is 8.67. The van der Waals surface area contributed by atoms with Crippen molar-refractivity contribution >= 4 is 11.9 Å². The van der Waals surface area contributed by atoms with Gasteiger partial charge >= 0.3 is 12.7 Å². The fourth-order valence-corrected chi connectivity index (χ4v) is 1.08. The van der Waals surface area contributed by atoms with E-state index in [0.29, 0.717) is 6.20 Å². The van der Waals surface area contributed by atoms with Gasteiger partial charge in [0.1, 0.15) is 11.4 Å². The first kappa shape index (κ1) is 15.1. The number of carbonyl (C=O) groups is 1. The Morgan fingerprint density at radius 3 is 2.58 bits per heavy atom. The summed E-state index contributed by atoms with van der Waals surface area (Å²) in [7, 11) is 0. The number of halogens is 3. The number of aromatic nitrogens is 1. The maximum absolute atomic E-state index is 13.1. The molecule has 8 heteroatoms. The standard InChI is InChI=1S/C11H13F3N2O3/c1-11(2,3)19-10(17)16-8-4-7(18-9(13)14)6(12)5-15-8/h4-5,9H,1-3H3,(H,15,16,17). The summed E-state index contributed by atoms with van der Waals surface area (Å²) < 4.78 is 45.9. The van der Waals surface area contributed by atoms with E-state index < -0.39 is 29.9 Å². The minimum Gasteiger partial charge on any atom is -0.444 e. The summed E-state index contributed by atoms with van der Waals surface area (Å²) in [4.78, 5) is 14.9. The molecule has 0 saturated carbocycles. The lowest BCUT2D eigenvalue weighted by atomic mass is 10.2. The number of anilines is 1. The average Bonchev–Trinajstić information content (AvgIpc) is 2.19. The molecule has 1 heterocycles. The van der Waals surface area contributed by atoms with E-state index in [1.54, 1.807) is 20.8 Å². The van der Waals surface area contributed by atoms with Crippen LogP contribution >= 0.6 is 0 Å². The van der Waals surface area contributed by atoms with Crippen molar-refractivity contribution in [1.82, 2.24) is 4.98 Å². The van der Waals surface area contributed by atoms with Crippen molar-refractivity contribution in [3.8, 4) is 5.75 Å². The van der Waals surface area contributed by atoms with Gasteiger partial charge in [-0.05, 0) is 20.8 Å². The Kier molecular flexibility index (Phi) is 4.57. The predicted octanol–water partition coefficient (Wildman–Crippen LogP) is 3.17. The molecule has 0 radical (unpaired) electrons. The number of hydrogen-bond donors (Lipinski definition) is 1. The number of ether oxygens (including phenoxy) is 2. The van der Waals surface area contributed by atoms with Crippen LogP contribution in [0.4, 0.5) is 23.8 Å². The molecular formula is C11H13F3N2O3. The second-order valence-electron chi connectivity index (χ2n) is 4.51. The quantitative estimate of drug-likeness (QED) is 0.922. The lowest BCUT2D eigenvalue weighted by Gasteiger charge is -2.19. The summed E-state index contributed by atoms with van der Waals surface area (Å²) in [6.07, 6.45) is -0.181. The Morgan fingerprint density at radius 2 is 2.05 bits per heavy atom. The first-order valence-corrected chi connectivity index (χ1v) is 5.28. The van der Waals surface area contributed by atoms with Gasteiger partial charge in [0, 0.05) is 6.07 Å². The molecule has 1 aromatic heterocycles. The van der Waals surface area contributed by atoms with Crippen molar-refractivity contribution in [3.05, 3.63) is 18.1 Å². The second-order valence-corrected chi connectivity index (χ2v) is 4.51. The zero-order valence-electron chi connectivity index (χ0n) is 10.5. The topological polar surface area (TPSA) is 60.5 Å². The number of hydrogen-bond acceptors (Lipinski definition) is 4. The predicted molar refractivity (Wildman–Crippen MR) is 60.7 cm³/mol. The van der Waals surface area contributed by atoms with Crippen LogP contribution in [0.2, 0.25) is 0 Å². The van der Waals surface area contributed by atoms with E-state index in [0.717, 1.165) is 6.07 Å². The molecule has 0 atom stereocenters. The second kappa shape index (κ2) is 5.77. The summed E-state index contributed by atoms with van der Waals surface area (Å²) in [5, 5.41) is 2.18. The monoisotopic (exact) mass is 278 g/mol. The number of rotatable bonds is 3. The molecule has 0 aromatic carbocycles. The molecule has 0 saturated heterocycles. The molecule has 1 N–H and O–H groups in total. The molecule has 5 nitrogen and oxygen atoms in total. The molecule has 1 aromatic rings. The molecule has 0 unspecified atom stereocenters. The van der Waals surface area contributed by atoms with Crippen molar-refractivity contribution in [2.24, 2.45) is 0 Å². The number of nitrogens with one attached hydrogen (secondary N) is 1. The van der Waals surface area contributed by atoms with Crippen LogP contribution in [0.3, 0.4) is 0 Å². The lowest BCUT2D eigenvalue weighted by molar-refractivity contribution is -0.0522. The van der Waals surface area contributed by atoms with E-state index in [1.165, 1.54) is 0 Å². The molecule has 1 rings (SSSR count). The van der Waals surface area contributed by atoms with Gasteiger partial charge in [-0.2, -0.15) is 8.78 Å². The van der Waals surface area contributed by atoms with E-state index in [1.807, 2.05) is 0 Å². The Bertz CT molecular complexity index is 461. The lowest BCUT2D eigenvalue weighted by Crippen LogP contribution is -2.27. The minimum absolute atomic E-state index is 0.161. The van der Waals surface area contributed by atoms with E-state index in [4.69, 9.17) is 4.74 Å². The zero-order valence-corrected chi connectivity index (χ0v) is 10.5. The number of pyridine rings is 1. The molecule has 0 aliphatic heterocycles. The fraction of sp³-hybridized carbons (Fsp3) is 0.455. The van der Waals surface area contributed by atoms with Gasteiger partial charge in [0.2, 0.25) is 0 Å². The largest absolute Gasteiger partial charge is 0.444 e. The third-order valence-corrected chi connectivity index (χ3v) is 1.67. The van der Waals surface area contributed by atoms with Gasteiger partial charge < -0.3 is 9.47 Å². The van der Waals surface area contributed by atoms with Crippen molar-refractivity contribution in [1.29, 1.82) is 0 Å². The van der Waals surface area contributed by atoms with Crippen LogP contribution < -0.4 is 10.1 Å². The van der Waals surface area contributed by atoms with Gasteiger partial charge in [-0.25, -0.2) is 14.2 Å². The number of amides is 1. The molecule has 106 valence electrons. The summed E-state index contributed by atoms with van der Waals surface area (Å²) in [5.41, 5.74) is -0.730. The van der Waals surface area contributed by atoms with Crippen molar-refractivity contribution < 1.29 is 27.4 Å². The van der Waals surface area contributed by atoms with Crippen LogP contribution in [0.25, 0.3) is 0 Å². The Morgan fingerprint density at radius 1 is 1.42 bits per heavy atom. The highest BCUT2D eigenvalue weighted by Crippen LogP contribution is 2.22. The summed E-state index contributed by atoms with van der Waals surface area (Å²) in [6.45, 7) is 1.77. The van der Waals surface area contributed by atoms with Gasteiger partial charge in [-0.1, -0.05) is 0 Å². The minimum atomic E-state index is -3.17. The van der Waals surface area contributed by atoms with Crippen molar-refractivity contribution in [3.63, 3.8) is 0 Å². The average molecular weight is 278 g/mol. The van der Waals surface area contributed by atoms with Gasteiger partial charge in [-0.3, -0.25) is 5.32 Å². The summed E-state index contributed by atoms with van der Waals surface area (Å²) >= 11 is 0. The van der Waals surface area contributed by atoms with Crippen LogP contribution in [0, 0.1) is 5.82 Å². The smallest absolute Gasteiger partial charge is 0.413 e. The zero-order chi connectivity index (χ0) is 14.6. The third kappa shape index (κ3) is 5.45. The highest BCUT2D eigenvalue weighted by Gasteiger charge is 2.18. The number of alkyl halides is 2. The molecule has 0 aliphatic rings. The highest BCUT2D eigenvalue weighted by atomic mass is 19.3. The van der Waals surface area contributed by atoms with Gasteiger partial charge in [0.25, 0.3) is 0 Å². The number of nitrogens with zero attached hydrogens (tertiary/aromatic N) is 1. The third-order valence-electron chi connectivity index (χ3n) is 1.67. The molecule has 0 bridgehead atoms. The molecule has 0 fully saturated rings. The van der Waals surface area contributed by atoms with Gasteiger partial charge in [0.05, 0.1) is 6.20 Å². The van der Waals surface area contributed by atoms with E-state index >= 15 is 0 Å². The van der Waals surface area contributed by atoms with Crippen molar-refractivity contribution in [2.75, 3.05) is 5.32 Å². The molecular weight excluding hydrogens is 265 g/mol. The van der Waals surface area contributed by atoms with Crippen LogP contribution in [0.1, 0.15) is 20.8 Å². The Hall–Kier alpha value is -1.99. The summed E-state index contributed by atoms with van der Waals surface area (Å²) in [6, 6.07) is 0.839. The maximum atomic E-state index is 13.1. The normalized spacial score (nSPS) is 11.3. The van der Waals surface area contributed by atoms with E-state index in [9.17, 15) is 18.0 Å². The van der Waals surface area contributed by atoms with Gasteiger partial charge in [0.15, 0.2) is 11.6 Å². The SMILES string of the molecule is CC(C)(C)OC(=O)Nc1cc(OC(F)F)c(F)cn1. The molecule has 0 spiro atoms. The molecule has 1 amide bonds. The van der Waals surface area contributed by atoms with Crippen LogP contribution in [-0.4, -0.2) is 23.3 Å². The van der Waals surface area contributed by atoms with Crippen molar-refractivity contribution in [2.45, 2.75) is 33.0 Å². The Labute approximate surface area is 107 Å². The van der Waals surface area contributed by atoms with E-state index in [2.05, 4.69) is 15.0 Å². The van der Waals surface area contributed by atoms with Crippen LogP contribution in [0.15, 0.2) is 12.3 Å². The van der Waals surface area contributed by atoms with Gasteiger partial charge in [-0.15, -0.1) is 0 Å². The molecule has 0 aliphatic carbocycles. The number of carbonyl (C=O) groups excluding carboxylic acids is 1. The summed E-state index contributed by atoms with van der Waals surface area (Å²) in [5.74, 6) is -1.93. The maximum Gasteiger partial charge on any atom is 0.413 e. The first-order valence-electron chi connectivity index (χ1n) is 5.28. The fourth-order valence-electron chi connectivity index (χ4n) is 1.08. The van der Waals surface area contributed by atoms with Crippen LogP contribution in [-0.2, 0) is 4.74 Å². The molecule has 19 heavy (non-hydrogen) atoms. The Balaban J connectivity index is 2.77. The van der Waals surface area contributed by atoms with Crippen LogP contribution in [0.5, 0.6) is 5.75 Å².